The van der Waals surface area contributed by atoms with Gasteiger partial charge < -0.3 is 30.7 Å². The second-order valence-corrected chi connectivity index (χ2v) is 8.01. The molecule has 0 aliphatic carbocycles. The summed E-state index contributed by atoms with van der Waals surface area (Å²) >= 11 is 0. The second kappa shape index (κ2) is 10.4. The predicted molar refractivity (Wildman–Crippen MR) is 133 cm³/mol. The van der Waals surface area contributed by atoms with Crippen LogP contribution in [-0.4, -0.2) is 41.1 Å². The van der Waals surface area contributed by atoms with Crippen LogP contribution >= 0.6 is 0 Å². The van der Waals surface area contributed by atoms with Crippen LogP contribution in [0.25, 0.3) is 5.76 Å². The van der Waals surface area contributed by atoms with Crippen molar-refractivity contribution in [3.8, 4) is 11.8 Å². The van der Waals surface area contributed by atoms with Gasteiger partial charge in [0.15, 0.2) is 5.76 Å². The van der Waals surface area contributed by atoms with Gasteiger partial charge in [-0.2, -0.15) is 5.26 Å². The van der Waals surface area contributed by atoms with Gasteiger partial charge in [0.05, 0.1) is 23.2 Å². The van der Waals surface area contributed by atoms with E-state index in [1.165, 1.54) is 6.08 Å². The first-order valence-electron chi connectivity index (χ1n) is 11.0. The average molecular weight is 469 g/mol. The van der Waals surface area contributed by atoms with Gasteiger partial charge in [-0.3, -0.25) is 4.79 Å². The molecule has 2 heterocycles. The number of urea groups is 1. The van der Waals surface area contributed by atoms with Crippen molar-refractivity contribution >= 4 is 35.3 Å². The number of H-pyrrole nitrogens is 1. The standard InChI is InChI=1S/C26H24N6O3/c1-17-22(25(33)32-15-18(13-28)16-32)14-29-24(17)23(11-12-27)35-21-9-7-20(8-10-21)31-26(34)30-19-5-3-2-4-6-19/h2-12,14,18,27,29H,15-16H2,1H3,(H2,30,31,34)/b23-11+,27-12?. The lowest BCUT2D eigenvalue weighted by Crippen LogP contribution is -2.49. The first-order chi connectivity index (χ1) is 17.0. The Labute approximate surface area is 202 Å². The van der Waals surface area contributed by atoms with Crippen molar-refractivity contribution in [3.05, 3.63) is 83.7 Å². The van der Waals surface area contributed by atoms with Crippen molar-refractivity contribution in [3.63, 3.8) is 0 Å². The maximum absolute atomic E-state index is 12.8. The molecule has 1 saturated heterocycles. The summed E-state index contributed by atoms with van der Waals surface area (Å²) in [6.07, 6.45) is 4.21. The number of nitrogens with one attached hydrogen (secondary N) is 4. The Hall–Kier alpha value is -4.84. The molecule has 1 fully saturated rings. The molecule has 1 aliphatic rings. The minimum Gasteiger partial charge on any atom is -0.455 e. The van der Waals surface area contributed by atoms with Gasteiger partial charge in [0.1, 0.15) is 5.75 Å². The fourth-order valence-corrected chi connectivity index (χ4v) is 3.66. The summed E-state index contributed by atoms with van der Waals surface area (Å²) in [5.74, 6) is 0.609. The van der Waals surface area contributed by atoms with E-state index in [1.54, 1.807) is 54.4 Å². The van der Waals surface area contributed by atoms with Gasteiger partial charge >= 0.3 is 6.03 Å². The van der Waals surface area contributed by atoms with E-state index >= 15 is 0 Å². The van der Waals surface area contributed by atoms with Gasteiger partial charge in [-0.25, -0.2) is 4.79 Å². The number of amides is 3. The van der Waals surface area contributed by atoms with Crippen LogP contribution in [0.4, 0.5) is 16.2 Å². The summed E-state index contributed by atoms with van der Waals surface area (Å²) in [5.41, 5.74) is 3.04. The number of nitriles is 1. The first kappa shape index (κ1) is 23.3. The van der Waals surface area contributed by atoms with Gasteiger partial charge in [-0.15, -0.1) is 0 Å². The number of likely N-dealkylation sites (tertiary alicyclic amines) is 1. The molecule has 3 aromatic rings. The topological polar surface area (TPSA) is 134 Å². The van der Waals surface area contributed by atoms with E-state index in [0.29, 0.717) is 52.8 Å². The number of nitrogens with zero attached hydrogens (tertiary/aromatic N) is 2. The van der Waals surface area contributed by atoms with Crippen molar-refractivity contribution in [2.24, 2.45) is 5.92 Å². The normalized spacial score (nSPS) is 13.4. The zero-order chi connectivity index (χ0) is 24.8. The number of aromatic amines is 1. The van der Waals surface area contributed by atoms with Crippen LogP contribution in [0.5, 0.6) is 5.75 Å². The maximum Gasteiger partial charge on any atom is 0.323 e. The molecule has 1 aromatic heterocycles. The molecule has 35 heavy (non-hydrogen) atoms. The van der Waals surface area contributed by atoms with Crippen LogP contribution < -0.4 is 15.4 Å². The highest BCUT2D eigenvalue weighted by atomic mass is 16.5. The summed E-state index contributed by atoms with van der Waals surface area (Å²) in [6.45, 7) is 2.66. The molecule has 9 heteroatoms. The van der Waals surface area contributed by atoms with Crippen LogP contribution in [-0.2, 0) is 0 Å². The fraction of sp³-hybridized carbons (Fsp3) is 0.154. The predicted octanol–water partition coefficient (Wildman–Crippen LogP) is 4.63. The summed E-state index contributed by atoms with van der Waals surface area (Å²) < 4.78 is 5.99. The molecular weight excluding hydrogens is 444 g/mol. The molecule has 0 spiro atoms. The lowest BCUT2D eigenvalue weighted by molar-refractivity contribution is 0.0577. The molecule has 4 rings (SSSR count). The zero-order valence-corrected chi connectivity index (χ0v) is 19.0. The van der Waals surface area contributed by atoms with E-state index < -0.39 is 0 Å². The Bertz CT molecular complexity index is 1300. The van der Waals surface area contributed by atoms with Crippen LogP contribution in [0.2, 0.25) is 0 Å². The van der Waals surface area contributed by atoms with E-state index in [-0.39, 0.29) is 17.9 Å². The quantitative estimate of drug-likeness (QED) is 0.297. The Morgan fingerprint density at radius 2 is 1.77 bits per heavy atom. The number of hydrogen-bond acceptors (Lipinski definition) is 5. The third kappa shape index (κ3) is 5.39. The third-order valence-corrected chi connectivity index (χ3v) is 5.57. The number of carbonyl (C=O) groups excluding carboxylic acids is 2. The van der Waals surface area contributed by atoms with Crippen LogP contribution in [0.3, 0.4) is 0 Å². The minimum atomic E-state index is -0.364. The molecule has 3 amide bonds. The summed E-state index contributed by atoms with van der Waals surface area (Å²) in [7, 11) is 0. The highest BCUT2D eigenvalue weighted by molar-refractivity contribution is 6.00. The number of benzene rings is 2. The third-order valence-electron chi connectivity index (χ3n) is 5.57. The van der Waals surface area contributed by atoms with Gasteiger partial charge in [0.2, 0.25) is 0 Å². The molecule has 0 saturated carbocycles. The van der Waals surface area contributed by atoms with Gasteiger partial charge in [-0.05, 0) is 48.9 Å². The van der Waals surface area contributed by atoms with Crippen LogP contribution in [0.15, 0.2) is 66.9 Å². The smallest absolute Gasteiger partial charge is 0.323 e. The van der Waals surface area contributed by atoms with Crippen molar-refractivity contribution in [1.82, 2.24) is 9.88 Å². The molecule has 4 N–H and O–H groups in total. The highest BCUT2D eigenvalue weighted by Crippen LogP contribution is 2.27. The van der Waals surface area contributed by atoms with E-state index in [9.17, 15) is 9.59 Å². The van der Waals surface area contributed by atoms with Crippen molar-refractivity contribution in [2.45, 2.75) is 6.92 Å². The molecule has 2 aromatic carbocycles. The molecule has 0 unspecified atom stereocenters. The number of para-hydroxylation sites is 1. The Morgan fingerprint density at radius 1 is 1.11 bits per heavy atom. The largest absolute Gasteiger partial charge is 0.455 e. The van der Waals surface area contributed by atoms with Crippen molar-refractivity contribution < 1.29 is 14.3 Å². The van der Waals surface area contributed by atoms with E-state index in [4.69, 9.17) is 15.4 Å². The van der Waals surface area contributed by atoms with E-state index in [2.05, 4.69) is 21.7 Å². The Morgan fingerprint density at radius 3 is 2.40 bits per heavy atom. The number of hydrogen-bond donors (Lipinski definition) is 4. The Balaban J connectivity index is 1.42. The summed E-state index contributed by atoms with van der Waals surface area (Å²) in [6, 6.07) is 17.7. The van der Waals surface area contributed by atoms with Gasteiger partial charge in [-0.1, -0.05) is 18.2 Å². The number of carbonyl (C=O) groups is 2. The lowest BCUT2D eigenvalue weighted by atomic mass is 10.00. The van der Waals surface area contributed by atoms with Crippen molar-refractivity contribution in [1.29, 1.82) is 10.7 Å². The number of allylic oxidation sites excluding steroid dienone is 1. The molecule has 1 aliphatic heterocycles. The number of rotatable bonds is 7. The van der Waals surface area contributed by atoms with Crippen LogP contribution in [0.1, 0.15) is 21.6 Å². The monoisotopic (exact) mass is 468 g/mol. The Kier molecular flexibility index (Phi) is 6.93. The number of aromatic nitrogens is 1. The summed E-state index contributed by atoms with van der Waals surface area (Å²) in [5, 5.41) is 22.0. The molecule has 9 nitrogen and oxygen atoms in total. The van der Waals surface area contributed by atoms with E-state index in [1.807, 2.05) is 18.2 Å². The number of ether oxygens (including phenoxy) is 1. The molecule has 176 valence electrons. The van der Waals surface area contributed by atoms with Gasteiger partial charge in [0.25, 0.3) is 5.91 Å². The molecule has 0 atom stereocenters. The molecule has 0 radical (unpaired) electrons. The molecule has 0 bridgehead atoms. The number of anilines is 2. The maximum atomic E-state index is 12.8. The second-order valence-electron chi connectivity index (χ2n) is 8.01. The zero-order valence-electron chi connectivity index (χ0n) is 19.0. The van der Waals surface area contributed by atoms with E-state index in [0.717, 1.165) is 6.21 Å². The fourth-order valence-electron chi connectivity index (χ4n) is 3.66. The van der Waals surface area contributed by atoms with Crippen molar-refractivity contribution in [2.75, 3.05) is 23.7 Å². The molecular formula is C26H24N6O3. The minimum absolute atomic E-state index is 0.115. The summed E-state index contributed by atoms with van der Waals surface area (Å²) in [4.78, 5) is 29.6. The highest BCUT2D eigenvalue weighted by Gasteiger charge is 2.32. The SMILES string of the molecule is Cc1c(C(=O)N2CC(C#N)C2)c[nH]c1/C(=C\C=N)Oc1ccc(NC(=O)Nc2ccccc2)cc1. The van der Waals surface area contributed by atoms with Gasteiger partial charge in [0, 0.05) is 43.0 Å². The van der Waals surface area contributed by atoms with Crippen LogP contribution in [0, 0.1) is 29.6 Å². The first-order valence-corrected chi connectivity index (χ1v) is 11.0. The lowest BCUT2D eigenvalue weighted by Gasteiger charge is -2.35. The average Bonchev–Trinajstić information content (AvgIpc) is 3.21.